The van der Waals surface area contributed by atoms with Crippen LogP contribution < -0.4 is 11.1 Å². The van der Waals surface area contributed by atoms with Crippen molar-refractivity contribution in [1.29, 1.82) is 0 Å². The summed E-state index contributed by atoms with van der Waals surface area (Å²) in [6.07, 6.45) is 2.28. The van der Waals surface area contributed by atoms with Gasteiger partial charge in [-0.3, -0.25) is 9.35 Å². The number of hydrogen-bond donors (Lipinski definition) is 3. The number of nitrogens with two attached hydrogens (primary N) is 1. The number of halogens is 1. The topological polar surface area (TPSA) is 148 Å². The quantitative estimate of drug-likeness (QED) is 0.497. The largest absolute Gasteiger partial charge is 0.384 e. The minimum Gasteiger partial charge on any atom is -0.384 e. The number of anilines is 2. The normalized spacial score (nSPS) is 11.4. The van der Waals surface area contributed by atoms with Gasteiger partial charge in [-0.15, -0.1) is 0 Å². The van der Waals surface area contributed by atoms with Crippen LogP contribution in [0.15, 0.2) is 47.1 Å². The minimum atomic E-state index is -3.67. The number of carbonyl (C=O) groups is 1. The van der Waals surface area contributed by atoms with E-state index in [2.05, 4.69) is 15.5 Å². The summed E-state index contributed by atoms with van der Waals surface area (Å²) >= 11 is 0. The summed E-state index contributed by atoms with van der Waals surface area (Å²) in [6, 6.07) is 9.93. The molecule has 32 heavy (non-hydrogen) atoms. The van der Waals surface area contributed by atoms with E-state index in [1.807, 2.05) is 20.8 Å². The molecule has 9 nitrogen and oxygen atoms in total. The monoisotopic (exact) mass is 464 g/mol. The van der Waals surface area contributed by atoms with Crippen LogP contribution in [0.2, 0.25) is 0 Å². The van der Waals surface area contributed by atoms with Crippen molar-refractivity contribution in [3.8, 4) is 11.1 Å². The zero-order chi connectivity index (χ0) is 24.1. The van der Waals surface area contributed by atoms with Gasteiger partial charge in [0.25, 0.3) is 10.1 Å². The lowest BCUT2D eigenvalue weighted by Crippen LogP contribution is -2.14. The van der Waals surface area contributed by atoms with E-state index in [9.17, 15) is 17.6 Å². The number of rotatable bonds is 4. The molecule has 0 bridgehead atoms. The Kier molecular flexibility index (Phi) is 7.70. The van der Waals surface area contributed by atoms with Gasteiger partial charge in [0.05, 0.1) is 12.7 Å². The SMILES string of the molecule is CC(C)(C)c1cc(NC(=O)Cc2ccc(-c3cnc(N)cc3F)cc2)no1.CS(=O)(=O)O. The smallest absolute Gasteiger partial charge is 0.261 e. The summed E-state index contributed by atoms with van der Waals surface area (Å²) in [5.41, 5.74) is 7.10. The Hall–Kier alpha value is -3.31. The molecule has 1 aromatic carbocycles. The second kappa shape index (κ2) is 9.88. The molecule has 0 saturated heterocycles. The van der Waals surface area contributed by atoms with Crippen LogP contribution in [0.3, 0.4) is 0 Å². The van der Waals surface area contributed by atoms with Gasteiger partial charge in [0.1, 0.15) is 17.4 Å². The number of carbonyl (C=O) groups excluding carboxylic acids is 1. The van der Waals surface area contributed by atoms with E-state index in [0.29, 0.717) is 29.0 Å². The molecule has 0 radical (unpaired) electrons. The van der Waals surface area contributed by atoms with Gasteiger partial charge in [-0.05, 0) is 11.1 Å². The summed E-state index contributed by atoms with van der Waals surface area (Å²) in [4.78, 5) is 16.1. The first-order valence-corrected chi connectivity index (χ1v) is 11.3. The van der Waals surface area contributed by atoms with Crippen molar-refractivity contribution in [3.63, 3.8) is 0 Å². The Morgan fingerprint density at radius 3 is 2.31 bits per heavy atom. The molecule has 3 aromatic rings. The molecule has 2 aromatic heterocycles. The van der Waals surface area contributed by atoms with Crippen molar-refractivity contribution in [3.05, 3.63) is 59.7 Å². The van der Waals surface area contributed by atoms with Gasteiger partial charge in [-0.25, -0.2) is 9.37 Å². The van der Waals surface area contributed by atoms with E-state index < -0.39 is 15.9 Å². The van der Waals surface area contributed by atoms with E-state index >= 15 is 0 Å². The molecule has 0 saturated carbocycles. The van der Waals surface area contributed by atoms with Crippen LogP contribution in [0, 0.1) is 5.82 Å². The van der Waals surface area contributed by atoms with Crippen LogP contribution in [0.5, 0.6) is 0 Å². The maximum Gasteiger partial charge on any atom is 0.261 e. The molecule has 172 valence electrons. The molecule has 3 rings (SSSR count). The number of aromatic nitrogens is 2. The number of benzene rings is 1. The highest BCUT2D eigenvalue weighted by atomic mass is 32.2. The van der Waals surface area contributed by atoms with Crippen LogP contribution in [-0.2, 0) is 26.7 Å². The minimum absolute atomic E-state index is 0.131. The second-order valence-corrected chi connectivity index (χ2v) is 9.54. The number of amides is 1. The molecule has 2 heterocycles. The number of nitrogen functional groups attached to an aromatic ring is 1. The predicted octanol–water partition coefficient (Wildman–Crippen LogP) is 3.44. The lowest BCUT2D eigenvalue weighted by Gasteiger charge is -2.12. The van der Waals surface area contributed by atoms with Crippen LogP contribution in [-0.4, -0.2) is 35.3 Å². The fraction of sp³-hybridized carbons (Fsp3) is 0.286. The summed E-state index contributed by atoms with van der Waals surface area (Å²) < 4.78 is 45.1. The molecular weight excluding hydrogens is 439 g/mol. The van der Waals surface area contributed by atoms with Gasteiger partial charge in [0.15, 0.2) is 5.82 Å². The molecular formula is C21H25FN4O5S. The van der Waals surface area contributed by atoms with E-state index in [4.69, 9.17) is 14.8 Å². The molecule has 0 aliphatic carbocycles. The number of hydrogen-bond acceptors (Lipinski definition) is 7. The maximum absolute atomic E-state index is 14.0. The molecule has 0 spiro atoms. The highest BCUT2D eigenvalue weighted by molar-refractivity contribution is 7.85. The van der Waals surface area contributed by atoms with E-state index in [1.165, 1.54) is 12.3 Å². The summed E-state index contributed by atoms with van der Waals surface area (Å²) in [5, 5.41) is 6.59. The standard InChI is InChI=1S/C20H21FN4O2.CH4O3S/c1-20(2,3)16-10-18(25-27-16)24-19(26)8-12-4-6-13(7-5-12)14-11-23-17(22)9-15(14)21;1-5(2,3)4/h4-7,9-11H,8H2,1-3H3,(H2,22,23)(H,24,25,26);1H3,(H,2,3,4). The first-order chi connectivity index (χ1) is 14.7. The van der Waals surface area contributed by atoms with Crippen molar-refractivity contribution < 1.29 is 26.7 Å². The molecule has 0 atom stereocenters. The first kappa shape index (κ1) is 25.0. The Morgan fingerprint density at radius 1 is 1.22 bits per heavy atom. The van der Waals surface area contributed by atoms with Gasteiger partial charge in [0.2, 0.25) is 5.91 Å². The van der Waals surface area contributed by atoms with Gasteiger partial charge in [-0.1, -0.05) is 50.2 Å². The van der Waals surface area contributed by atoms with Crippen LogP contribution in [0.1, 0.15) is 32.1 Å². The average molecular weight is 465 g/mol. The van der Waals surface area contributed by atoms with Crippen molar-refractivity contribution in [2.45, 2.75) is 32.6 Å². The lowest BCUT2D eigenvalue weighted by atomic mass is 9.93. The fourth-order valence-electron chi connectivity index (χ4n) is 2.52. The zero-order valence-electron chi connectivity index (χ0n) is 18.1. The molecule has 0 aliphatic heterocycles. The molecule has 11 heteroatoms. The zero-order valence-corrected chi connectivity index (χ0v) is 18.9. The lowest BCUT2D eigenvalue weighted by molar-refractivity contribution is -0.115. The third-order valence-electron chi connectivity index (χ3n) is 4.02. The highest BCUT2D eigenvalue weighted by Gasteiger charge is 2.20. The van der Waals surface area contributed by atoms with Crippen LogP contribution in [0.25, 0.3) is 11.1 Å². The van der Waals surface area contributed by atoms with Crippen LogP contribution in [0.4, 0.5) is 16.0 Å². The average Bonchev–Trinajstić information content (AvgIpc) is 3.10. The maximum atomic E-state index is 14.0. The fourth-order valence-corrected chi connectivity index (χ4v) is 2.52. The Balaban J connectivity index is 0.000000654. The van der Waals surface area contributed by atoms with Crippen molar-refractivity contribution in [2.24, 2.45) is 0 Å². The van der Waals surface area contributed by atoms with Gasteiger partial charge in [0, 0.05) is 29.3 Å². The highest BCUT2D eigenvalue weighted by Crippen LogP contribution is 2.25. The number of nitrogens with one attached hydrogen (secondary N) is 1. The number of nitrogens with zero attached hydrogens (tertiary/aromatic N) is 2. The Bertz CT molecular complexity index is 1180. The van der Waals surface area contributed by atoms with E-state index in [-0.39, 0.29) is 23.6 Å². The van der Waals surface area contributed by atoms with Crippen molar-refractivity contribution in [2.75, 3.05) is 17.3 Å². The predicted molar refractivity (Wildman–Crippen MR) is 119 cm³/mol. The summed E-state index contributed by atoms with van der Waals surface area (Å²) in [7, 11) is -3.67. The summed E-state index contributed by atoms with van der Waals surface area (Å²) in [5.74, 6) is 0.565. The Morgan fingerprint density at radius 2 is 1.81 bits per heavy atom. The third-order valence-corrected chi connectivity index (χ3v) is 4.02. The van der Waals surface area contributed by atoms with Gasteiger partial charge < -0.3 is 15.6 Å². The number of pyridine rings is 1. The first-order valence-electron chi connectivity index (χ1n) is 9.42. The molecule has 4 N–H and O–H groups in total. The van der Waals surface area contributed by atoms with E-state index in [0.717, 1.165) is 5.56 Å². The van der Waals surface area contributed by atoms with Crippen molar-refractivity contribution >= 4 is 27.7 Å². The Labute approximate surface area is 185 Å². The molecule has 0 fully saturated rings. The van der Waals surface area contributed by atoms with Crippen LogP contribution >= 0.6 is 0 Å². The van der Waals surface area contributed by atoms with Gasteiger partial charge in [-0.2, -0.15) is 8.42 Å². The second-order valence-electron chi connectivity index (χ2n) is 8.07. The van der Waals surface area contributed by atoms with Gasteiger partial charge >= 0.3 is 0 Å². The third kappa shape index (κ3) is 8.08. The summed E-state index contributed by atoms with van der Waals surface area (Å²) in [6.45, 7) is 6.00. The molecule has 0 unspecified atom stereocenters. The van der Waals surface area contributed by atoms with E-state index in [1.54, 1.807) is 30.3 Å². The molecule has 1 amide bonds. The molecule has 0 aliphatic rings. The van der Waals surface area contributed by atoms with Crippen molar-refractivity contribution in [1.82, 2.24) is 10.1 Å².